The van der Waals surface area contributed by atoms with Gasteiger partial charge in [-0.05, 0) is 12.3 Å². The van der Waals surface area contributed by atoms with E-state index in [9.17, 15) is 0 Å². The summed E-state index contributed by atoms with van der Waals surface area (Å²) >= 11 is 0. The molecule has 0 aliphatic heterocycles. The lowest BCUT2D eigenvalue weighted by Gasteiger charge is -2.35. The van der Waals surface area contributed by atoms with E-state index in [1.807, 2.05) is 7.05 Å². The molecule has 0 radical (unpaired) electrons. The number of rotatable bonds is 3. The zero-order valence-electron chi connectivity index (χ0n) is 10.7. The number of aromatic nitrogens is 2. The first kappa shape index (κ1) is 12.9. The van der Waals surface area contributed by atoms with Crippen LogP contribution in [0.25, 0.3) is 0 Å². The molecule has 1 atom stereocenters. The largest absolute Gasteiger partial charge is 0.390 e. The van der Waals surface area contributed by atoms with Crippen molar-refractivity contribution in [2.75, 3.05) is 11.9 Å². The van der Waals surface area contributed by atoms with Gasteiger partial charge in [0.15, 0.2) is 0 Å². The number of nitrogens with zero attached hydrogens (tertiary/aromatic N) is 3. The number of anilines is 1. The third kappa shape index (κ3) is 2.92. The Morgan fingerprint density at radius 2 is 1.94 bits per heavy atom. The Hall–Kier alpha value is -1.16. The highest BCUT2D eigenvalue weighted by molar-refractivity contribution is 5.36. The fourth-order valence-electron chi connectivity index (χ4n) is 1.39. The van der Waals surface area contributed by atoms with Crippen LogP contribution in [0.2, 0.25) is 0 Å². The van der Waals surface area contributed by atoms with Gasteiger partial charge in [0.1, 0.15) is 5.82 Å². The molecule has 0 aliphatic carbocycles. The van der Waals surface area contributed by atoms with Crippen LogP contribution in [-0.4, -0.2) is 28.2 Å². The fourth-order valence-corrected chi connectivity index (χ4v) is 1.39. The third-order valence-electron chi connectivity index (χ3n) is 3.05. The third-order valence-corrected chi connectivity index (χ3v) is 3.05. The minimum atomic E-state index is -0.0637. The van der Waals surface area contributed by atoms with Crippen molar-refractivity contribution in [3.05, 3.63) is 18.1 Å². The van der Waals surface area contributed by atoms with E-state index >= 15 is 0 Å². The molecule has 0 bridgehead atoms. The Bertz CT molecular complexity index is 329. The first-order valence-electron chi connectivity index (χ1n) is 5.51. The standard InChI is InChI=1S/C12H21N3O/c1-9(12(2,3)4)15(5)11-7-13-10(8-16)6-14-11/h6-7,9,16H,8H2,1-5H3. The van der Waals surface area contributed by atoms with Crippen molar-refractivity contribution in [3.63, 3.8) is 0 Å². The zero-order valence-corrected chi connectivity index (χ0v) is 10.7. The van der Waals surface area contributed by atoms with Crippen LogP contribution in [0.5, 0.6) is 0 Å². The lowest BCUT2D eigenvalue weighted by Crippen LogP contribution is -2.39. The Morgan fingerprint density at radius 3 is 2.31 bits per heavy atom. The molecule has 1 unspecified atom stereocenters. The molecule has 1 heterocycles. The Kier molecular flexibility index (Phi) is 3.86. The summed E-state index contributed by atoms with van der Waals surface area (Å²) < 4.78 is 0. The van der Waals surface area contributed by atoms with Crippen molar-refractivity contribution in [2.24, 2.45) is 5.41 Å². The van der Waals surface area contributed by atoms with Gasteiger partial charge in [-0.3, -0.25) is 4.98 Å². The van der Waals surface area contributed by atoms with Crippen molar-refractivity contribution in [1.82, 2.24) is 9.97 Å². The van der Waals surface area contributed by atoms with Crippen molar-refractivity contribution in [3.8, 4) is 0 Å². The highest BCUT2D eigenvalue weighted by Crippen LogP contribution is 2.25. The van der Waals surface area contributed by atoms with Gasteiger partial charge in [0.2, 0.25) is 0 Å². The molecule has 0 fully saturated rings. The SMILES string of the molecule is CC(N(C)c1cnc(CO)cn1)C(C)(C)C. The van der Waals surface area contributed by atoms with Gasteiger partial charge in [-0.15, -0.1) is 0 Å². The smallest absolute Gasteiger partial charge is 0.147 e. The molecule has 1 rings (SSSR count). The first-order valence-corrected chi connectivity index (χ1v) is 5.51. The van der Waals surface area contributed by atoms with Crippen LogP contribution < -0.4 is 4.90 Å². The molecule has 16 heavy (non-hydrogen) atoms. The van der Waals surface area contributed by atoms with Gasteiger partial charge in [0, 0.05) is 13.1 Å². The number of hydrogen-bond acceptors (Lipinski definition) is 4. The molecule has 0 aliphatic rings. The van der Waals surface area contributed by atoms with E-state index in [0.29, 0.717) is 11.7 Å². The average Bonchev–Trinajstić information content (AvgIpc) is 2.26. The minimum Gasteiger partial charge on any atom is -0.390 e. The van der Waals surface area contributed by atoms with Crippen LogP contribution in [0.1, 0.15) is 33.4 Å². The highest BCUT2D eigenvalue weighted by Gasteiger charge is 2.24. The van der Waals surface area contributed by atoms with Crippen molar-refractivity contribution < 1.29 is 5.11 Å². The molecular weight excluding hydrogens is 202 g/mol. The van der Waals surface area contributed by atoms with Gasteiger partial charge in [-0.1, -0.05) is 20.8 Å². The maximum Gasteiger partial charge on any atom is 0.147 e. The summed E-state index contributed by atoms with van der Waals surface area (Å²) in [5.41, 5.74) is 0.784. The van der Waals surface area contributed by atoms with Crippen LogP contribution in [-0.2, 0) is 6.61 Å². The molecule has 1 aromatic heterocycles. The fraction of sp³-hybridized carbons (Fsp3) is 0.667. The molecular formula is C12H21N3O. The summed E-state index contributed by atoms with van der Waals surface area (Å²) in [6.45, 7) is 8.70. The van der Waals surface area contributed by atoms with Crippen LogP contribution in [0.15, 0.2) is 12.4 Å². The summed E-state index contributed by atoms with van der Waals surface area (Å²) in [6, 6.07) is 0.363. The maximum atomic E-state index is 8.89. The van der Waals surface area contributed by atoms with Gasteiger partial charge in [0.05, 0.1) is 24.7 Å². The molecule has 1 N–H and O–H groups in total. The summed E-state index contributed by atoms with van der Waals surface area (Å²) in [5.74, 6) is 0.833. The molecule has 0 saturated heterocycles. The second-order valence-electron chi connectivity index (χ2n) is 5.18. The van der Waals surface area contributed by atoms with E-state index in [-0.39, 0.29) is 12.0 Å². The second-order valence-corrected chi connectivity index (χ2v) is 5.18. The molecule has 4 heteroatoms. The molecule has 0 amide bonds. The van der Waals surface area contributed by atoms with Crippen LogP contribution in [0.3, 0.4) is 0 Å². The van der Waals surface area contributed by atoms with E-state index in [4.69, 9.17) is 5.11 Å². The van der Waals surface area contributed by atoms with Crippen molar-refractivity contribution >= 4 is 5.82 Å². The Labute approximate surface area is 97.3 Å². The number of aliphatic hydroxyl groups is 1. The van der Waals surface area contributed by atoms with Crippen LogP contribution >= 0.6 is 0 Å². The second kappa shape index (κ2) is 4.78. The summed E-state index contributed by atoms with van der Waals surface area (Å²) in [5, 5.41) is 8.89. The van der Waals surface area contributed by atoms with E-state index in [1.165, 1.54) is 0 Å². The Morgan fingerprint density at radius 1 is 1.31 bits per heavy atom. The summed E-state index contributed by atoms with van der Waals surface area (Å²) in [7, 11) is 2.01. The lowest BCUT2D eigenvalue weighted by molar-refractivity contribution is 0.276. The van der Waals surface area contributed by atoms with E-state index < -0.39 is 0 Å². The molecule has 4 nitrogen and oxygen atoms in total. The molecule has 0 spiro atoms. The minimum absolute atomic E-state index is 0.0637. The van der Waals surface area contributed by atoms with Crippen molar-refractivity contribution in [2.45, 2.75) is 40.3 Å². The predicted octanol–water partition coefficient (Wildman–Crippen LogP) is 1.84. The molecule has 0 saturated carbocycles. The number of hydrogen-bond donors (Lipinski definition) is 1. The monoisotopic (exact) mass is 223 g/mol. The quantitative estimate of drug-likeness (QED) is 0.849. The zero-order chi connectivity index (χ0) is 12.3. The molecule has 1 aromatic rings. The Balaban J connectivity index is 2.84. The van der Waals surface area contributed by atoms with E-state index in [1.54, 1.807) is 12.4 Å². The van der Waals surface area contributed by atoms with Gasteiger partial charge < -0.3 is 10.0 Å². The lowest BCUT2D eigenvalue weighted by atomic mass is 9.87. The highest BCUT2D eigenvalue weighted by atomic mass is 16.3. The van der Waals surface area contributed by atoms with Gasteiger partial charge in [-0.2, -0.15) is 0 Å². The van der Waals surface area contributed by atoms with Crippen LogP contribution in [0, 0.1) is 5.41 Å². The normalized spacial score (nSPS) is 13.6. The van der Waals surface area contributed by atoms with E-state index in [2.05, 4.69) is 42.6 Å². The van der Waals surface area contributed by atoms with Crippen LogP contribution in [0.4, 0.5) is 5.82 Å². The maximum absolute atomic E-state index is 8.89. The first-order chi connectivity index (χ1) is 7.36. The topological polar surface area (TPSA) is 49.2 Å². The number of aliphatic hydroxyl groups excluding tert-OH is 1. The molecule has 90 valence electrons. The van der Waals surface area contributed by atoms with E-state index in [0.717, 1.165) is 5.82 Å². The van der Waals surface area contributed by atoms with Crippen molar-refractivity contribution in [1.29, 1.82) is 0 Å². The summed E-state index contributed by atoms with van der Waals surface area (Å²) in [6.07, 6.45) is 3.31. The van der Waals surface area contributed by atoms with Gasteiger partial charge in [0.25, 0.3) is 0 Å². The average molecular weight is 223 g/mol. The predicted molar refractivity (Wildman–Crippen MR) is 65.3 cm³/mol. The summed E-state index contributed by atoms with van der Waals surface area (Å²) in [4.78, 5) is 10.5. The molecule has 0 aromatic carbocycles. The van der Waals surface area contributed by atoms with Gasteiger partial charge in [-0.25, -0.2) is 4.98 Å². The van der Waals surface area contributed by atoms with Gasteiger partial charge >= 0.3 is 0 Å².